The van der Waals surface area contributed by atoms with Gasteiger partial charge in [-0.15, -0.1) is 0 Å². The number of benzene rings is 1. The molecule has 19 heavy (non-hydrogen) atoms. The molecule has 100 valence electrons. The van der Waals surface area contributed by atoms with E-state index in [4.69, 9.17) is 5.84 Å². The number of nitrogens with two attached hydrogens (primary N) is 1. The summed E-state index contributed by atoms with van der Waals surface area (Å²) in [6.07, 6.45) is 2.30. The summed E-state index contributed by atoms with van der Waals surface area (Å²) in [6.45, 7) is 0.628. The van der Waals surface area contributed by atoms with Crippen molar-refractivity contribution in [1.82, 2.24) is 9.97 Å². The molecular formula is C12H13BrFN5. The first-order valence-electron chi connectivity index (χ1n) is 5.66. The third kappa shape index (κ3) is 3.87. The van der Waals surface area contributed by atoms with Gasteiger partial charge in [0.05, 0.1) is 4.47 Å². The predicted octanol–water partition coefficient (Wildman–Crippen LogP) is 2.32. The van der Waals surface area contributed by atoms with Crippen molar-refractivity contribution >= 4 is 27.7 Å². The average molecular weight is 326 g/mol. The average Bonchev–Trinajstić information content (AvgIpc) is 2.41. The number of anilines is 2. The van der Waals surface area contributed by atoms with E-state index in [1.165, 1.54) is 12.1 Å². The molecule has 1 aromatic carbocycles. The minimum absolute atomic E-state index is 0.227. The Balaban J connectivity index is 1.95. The normalized spacial score (nSPS) is 10.3. The Hall–Kier alpha value is -1.73. The van der Waals surface area contributed by atoms with Gasteiger partial charge >= 0.3 is 0 Å². The summed E-state index contributed by atoms with van der Waals surface area (Å²) in [5, 5.41) is 3.14. The van der Waals surface area contributed by atoms with Crippen LogP contribution in [0.1, 0.15) is 5.56 Å². The molecule has 4 N–H and O–H groups in total. The van der Waals surface area contributed by atoms with Crippen LogP contribution in [0.15, 0.2) is 34.9 Å². The fourth-order valence-electron chi connectivity index (χ4n) is 1.58. The Morgan fingerprint density at radius 3 is 2.95 bits per heavy atom. The highest BCUT2D eigenvalue weighted by Gasteiger charge is 2.04. The molecular weight excluding hydrogens is 313 g/mol. The van der Waals surface area contributed by atoms with E-state index in [-0.39, 0.29) is 5.82 Å². The molecule has 2 aromatic rings. The van der Waals surface area contributed by atoms with Crippen LogP contribution < -0.4 is 16.6 Å². The predicted molar refractivity (Wildman–Crippen MR) is 76.1 cm³/mol. The molecule has 7 heteroatoms. The molecule has 1 heterocycles. The van der Waals surface area contributed by atoms with Crippen LogP contribution in [0.2, 0.25) is 0 Å². The highest BCUT2D eigenvalue weighted by molar-refractivity contribution is 9.10. The molecule has 1 aromatic heterocycles. The summed E-state index contributed by atoms with van der Waals surface area (Å²) in [4.78, 5) is 8.11. The van der Waals surface area contributed by atoms with Gasteiger partial charge in [-0.05, 0) is 40.0 Å². The third-order valence-corrected chi connectivity index (χ3v) is 3.05. The number of hydrazine groups is 1. The van der Waals surface area contributed by atoms with Crippen molar-refractivity contribution in [2.45, 2.75) is 6.42 Å². The van der Waals surface area contributed by atoms with Gasteiger partial charge in [0, 0.05) is 12.7 Å². The highest BCUT2D eigenvalue weighted by atomic mass is 79.9. The Kier molecular flexibility index (Phi) is 4.64. The molecule has 0 radical (unpaired) electrons. The first-order valence-corrected chi connectivity index (χ1v) is 6.46. The van der Waals surface area contributed by atoms with E-state index in [1.807, 2.05) is 6.07 Å². The van der Waals surface area contributed by atoms with Gasteiger partial charge < -0.3 is 5.32 Å². The summed E-state index contributed by atoms with van der Waals surface area (Å²) >= 11 is 3.34. The summed E-state index contributed by atoms with van der Waals surface area (Å²) in [5.41, 5.74) is 3.30. The van der Waals surface area contributed by atoms with Gasteiger partial charge in [-0.25, -0.2) is 15.2 Å². The molecule has 0 unspecified atom stereocenters. The van der Waals surface area contributed by atoms with Crippen LogP contribution in [-0.4, -0.2) is 16.5 Å². The minimum Gasteiger partial charge on any atom is -0.369 e. The van der Waals surface area contributed by atoms with Crippen LogP contribution in [0.3, 0.4) is 0 Å². The first kappa shape index (κ1) is 13.7. The number of aromatic nitrogens is 2. The molecule has 0 saturated heterocycles. The quantitative estimate of drug-likeness (QED) is 0.581. The van der Waals surface area contributed by atoms with Crippen LogP contribution in [0.5, 0.6) is 0 Å². The van der Waals surface area contributed by atoms with E-state index in [0.29, 0.717) is 24.7 Å². The van der Waals surface area contributed by atoms with Crippen molar-refractivity contribution in [3.8, 4) is 0 Å². The molecule has 0 aliphatic carbocycles. The molecule has 0 aliphatic heterocycles. The van der Waals surface area contributed by atoms with Crippen molar-refractivity contribution in [3.63, 3.8) is 0 Å². The van der Waals surface area contributed by atoms with Gasteiger partial charge in [-0.1, -0.05) is 12.1 Å². The Morgan fingerprint density at radius 1 is 1.37 bits per heavy atom. The van der Waals surface area contributed by atoms with Gasteiger partial charge in [-0.3, -0.25) is 5.43 Å². The number of halogens is 2. The number of nitrogen functional groups attached to an aromatic ring is 1. The second kappa shape index (κ2) is 6.44. The highest BCUT2D eigenvalue weighted by Crippen LogP contribution is 2.19. The van der Waals surface area contributed by atoms with Crippen LogP contribution in [0, 0.1) is 5.82 Å². The summed E-state index contributed by atoms with van der Waals surface area (Å²) in [7, 11) is 0. The molecule has 2 rings (SSSR count). The molecule has 0 fully saturated rings. The summed E-state index contributed by atoms with van der Waals surface area (Å²) in [5.74, 6) is 5.99. The number of hydrogen-bond donors (Lipinski definition) is 3. The molecule has 5 nitrogen and oxygen atoms in total. The lowest BCUT2D eigenvalue weighted by Gasteiger charge is -2.08. The second-order valence-corrected chi connectivity index (χ2v) is 4.70. The summed E-state index contributed by atoms with van der Waals surface area (Å²) in [6, 6.07) is 6.52. The van der Waals surface area contributed by atoms with Gasteiger partial charge in [-0.2, -0.15) is 4.98 Å². The van der Waals surface area contributed by atoms with Gasteiger partial charge in [0.15, 0.2) is 0 Å². The maximum atomic E-state index is 13.0. The van der Waals surface area contributed by atoms with Crippen LogP contribution in [-0.2, 0) is 6.42 Å². The summed E-state index contributed by atoms with van der Waals surface area (Å²) < 4.78 is 13.8. The van der Waals surface area contributed by atoms with Crippen LogP contribution >= 0.6 is 15.9 Å². The van der Waals surface area contributed by atoms with Gasteiger partial charge in [0.1, 0.15) is 11.6 Å². The van der Waals surface area contributed by atoms with Crippen molar-refractivity contribution < 1.29 is 4.39 Å². The Morgan fingerprint density at radius 2 is 2.21 bits per heavy atom. The standard InChI is InChI=1S/C12H13BrFN5/c13-10-7-17-12(19-15)18-11(10)16-5-4-8-2-1-3-9(14)6-8/h1-3,6-7H,4-5,15H2,(H2,16,17,18,19). The van der Waals surface area contributed by atoms with E-state index in [9.17, 15) is 4.39 Å². The molecule has 0 aliphatic rings. The number of hydrogen-bond acceptors (Lipinski definition) is 5. The SMILES string of the molecule is NNc1ncc(Br)c(NCCc2cccc(F)c2)n1. The maximum absolute atomic E-state index is 13.0. The largest absolute Gasteiger partial charge is 0.369 e. The van der Waals surface area contributed by atoms with E-state index in [0.717, 1.165) is 10.0 Å². The molecule has 0 atom stereocenters. The number of rotatable bonds is 5. The van der Waals surface area contributed by atoms with E-state index in [1.54, 1.807) is 12.3 Å². The zero-order valence-electron chi connectivity index (χ0n) is 10.0. The fourth-order valence-corrected chi connectivity index (χ4v) is 1.91. The number of nitrogens with zero attached hydrogens (tertiary/aromatic N) is 2. The Labute approximate surface area is 118 Å². The van der Waals surface area contributed by atoms with E-state index in [2.05, 4.69) is 36.6 Å². The lowest BCUT2D eigenvalue weighted by molar-refractivity contribution is 0.625. The zero-order chi connectivity index (χ0) is 13.7. The maximum Gasteiger partial charge on any atom is 0.239 e. The van der Waals surface area contributed by atoms with E-state index < -0.39 is 0 Å². The van der Waals surface area contributed by atoms with Crippen molar-refractivity contribution in [1.29, 1.82) is 0 Å². The molecule has 0 saturated carbocycles. The third-order valence-electron chi connectivity index (χ3n) is 2.47. The van der Waals surface area contributed by atoms with Gasteiger partial charge in [0.2, 0.25) is 5.95 Å². The molecule has 0 amide bonds. The molecule has 0 bridgehead atoms. The van der Waals surface area contributed by atoms with Crippen molar-refractivity contribution in [3.05, 3.63) is 46.3 Å². The first-order chi connectivity index (χ1) is 9.19. The number of nitrogens with one attached hydrogen (secondary N) is 2. The topological polar surface area (TPSA) is 75.9 Å². The molecule has 0 spiro atoms. The monoisotopic (exact) mass is 325 g/mol. The zero-order valence-corrected chi connectivity index (χ0v) is 11.6. The van der Waals surface area contributed by atoms with Crippen molar-refractivity contribution in [2.75, 3.05) is 17.3 Å². The smallest absolute Gasteiger partial charge is 0.239 e. The lowest BCUT2D eigenvalue weighted by Crippen LogP contribution is -2.13. The van der Waals surface area contributed by atoms with Crippen LogP contribution in [0.4, 0.5) is 16.2 Å². The fraction of sp³-hybridized carbons (Fsp3) is 0.167. The second-order valence-electron chi connectivity index (χ2n) is 3.84. The Bertz CT molecular complexity index is 564. The van der Waals surface area contributed by atoms with Gasteiger partial charge in [0.25, 0.3) is 0 Å². The van der Waals surface area contributed by atoms with Crippen LogP contribution in [0.25, 0.3) is 0 Å². The van der Waals surface area contributed by atoms with E-state index >= 15 is 0 Å². The lowest BCUT2D eigenvalue weighted by atomic mass is 10.1. The minimum atomic E-state index is -0.227. The van der Waals surface area contributed by atoms with Crippen molar-refractivity contribution in [2.24, 2.45) is 5.84 Å².